The minimum absolute atomic E-state index is 0.0121. The molecule has 0 aliphatic carbocycles. The molecular weight excluding hydrogens is 282 g/mol. The Bertz CT molecular complexity index is 393. The SMILES string of the molecule is COc1ccc(Br)c(CC(=O)C(C)CCN)c1. The van der Waals surface area contributed by atoms with Crippen LogP contribution in [0.2, 0.25) is 0 Å². The molecule has 0 aliphatic heterocycles. The number of rotatable bonds is 6. The van der Waals surface area contributed by atoms with Crippen molar-refractivity contribution in [3.63, 3.8) is 0 Å². The first-order valence-electron chi connectivity index (χ1n) is 5.63. The lowest BCUT2D eigenvalue weighted by atomic mass is 9.97. The number of carbonyl (C=O) groups is 1. The number of ether oxygens (including phenoxy) is 1. The molecule has 1 rings (SSSR count). The monoisotopic (exact) mass is 299 g/mol. The largest absolute Gasteiger partial charge is 0.497 e. The standard InChI is InChI=1S/C13H18BrNO2/c1-9(5-6-15)13(16)8-10-7-11(17-2)3-4-12(10)14/h3-4,7,9H,5-6,8,15H2,1-2H3. The highest BCUT2D eigenvalue weighted by Gasteiger charge is 2.14. The molecule has 3 nitrogen and oxygen atoms in total. The van der Waals surface area contributed by atoms with Gasteiger partial charge in [0, 0.05) is 16.8 Å². The predicted molar refractivity (Wildman–Crippen MR) is 72.2 cm³/mol. The van der Waals surface area contributed by atoms with E-state index in [0.29, 0.717) is 13.0 Å². The Morgan fingerprint density at radius 2 is 2.24 bits per heavy atom. The van der Waals surface area contributed by atoms with Gasteiger partial charge in [-0.2, -0.15) is 0 Å². The van der Waals surface area contributed by atoms with Crippen molar-refractivity contribution in [1.82, 2.24) is 0 Å². The second kappa shape index (κ2) is 6.77. The molecule has 1 atom stereocenters. The summed E-state index contributed by atoms with van der Waals surface area (Å²) in [5.41, 5.74) is 6.41. The van der Waals surface area contributed by atoms with E-state index >= 15 is 0 Å². The summed E-state index contributed by atoms with van der Waals surface area (Å²) < 4.78 is 6.08. The van der Waals surface area contributed by atoms with Crippen LogP contribution < -0.4 is 10.5 Å². The van der Waals surface area contributed by atoms with Crippen LogP contribution in [0.25, 0.3) is 0 Å². The summed E-state index contributed by atoms with van der Waals surface area (Å²) >= 11 is 3.44. The van der Waals surface area contributed by atoms with Gasteiger partial charge in [-0.15, -0.1) is 0 Å². The number of halogens is 1. The molecule has 94 valence electrons. The zero-order valence-electron chi connectivity index (χ0n) is 10.2. The number of hydrogen-bond donors (Lipinski definition) is 1. The van der Waals surface area contributed by atoms with Crippen LogP contribution in [0.15, 0.2) is 22.7 Å². The van der Waals surface area contributed by atoms with Crippen molar-refractivity contribution in [2.45, 2.75) is 19.8 Å². The summed E-state index contributed by atoms with van der Waals surface area (Å²) in [6.07, 6.45) is 1.15. The Morgan fingerprint density at radius 3 is 2.82 bits per heavy atom. The average Bonchev–Trinajstić information content (AvgIpc) is 2.32. The van der Waals surface area contributed by atoms with Gasteiger partial charge in [0.1, 0.15) is 11.5 Å². The fraction of sp³-hybridized carbons (Fsp3) is 0.462. The Labute approximate surface area is 110 Å². The highest BCUT2D eigenvalue weighted by atomic mass is 79.9. The number of benzene rings is 1. The van der Waals surface area contributed by atoms with E-state index in [1.807, 2.05) is 25.1 Å². The normalized spacial score (nSPS) is 12.2. The van der Waals surface area contributed by atoms with Gasteiger partial charge in [0.25, 0.3) is 0 Å². The Kier molecular flexibility index (Phi) is 5.65. The van der Waals surface area contributed by atoms with Crippen LogP contribution in [0.4, 0.5) is 0 Å². The summed E-state index contributed by atoms with van der Waals surface area (Å²) in [5.74, 6) is 0.991. The zero-order valence-corrected chi connectivity index (χ0v) is 11.8. The highest BCUT2D eigenvalue weighted by Crippen LogP contribution is 2.24. The molecule has 17 heavy (non-hydrogen) atoms. The lowest BCUT2D eigenvalue weighted by Crippen LogP contribution is -2.17. The molecule has 1 aromatic carbocycles. The zero-order chi connectivity index (χ0) is 12.8. The van der Waals surface area contributed by atoms with Gasteiger partial charge in [-0.25, -0.2) is 0 Å². The molecule has 0 heterocycles. The van der Waals surface area contributed by atoms with Crippen molar-refractivity contribution >= 4 is 21.7 Å². The minimum atomic E-state index is 0.0121. The van der Waals surface area contributed by atoms with Crippen LogP contribution in [-0.2, 0) is 11.2 Å². The number of methoxy groups -OCH3 is 1. The van der Waals surface area contributed by atoms with Gasteiger partial charge < -0.3 is 10.5 Å². The Hall–Kier alpha value is -0.870. The molecule has 0 radical (unpaired) electrons. The second-order valence-corrected chi connectivity index (χ2v) is 4.93. The smallest absolute Gasteiger partial charge is 0.140 e. The van der Waals surface area contributed by atoms with Gasteiger partial charge in [0.2, 0.25) is 0 Å². The van der Waals surface area contributed by atoms with E-state index < -0.39 is 0 Å². The van der Waals surface area contributed by atoms with E-state index in [9.17, 15) is 4.79 Å². The summed E-state index contributed by atoms with van der Waals surface area (Å²) in [5, 5.41) is 0. The van der Waals surface area contributed by atoms with Gasteiger partial charge >= 0.3 is 0 Å². The maximum Gasteiger partial charge on any atom is 0.140 e. The topological polar surface area (TPSA) is 52.3 Å². The molecule has 0 bridgehead atoms. The molecule has 0 saturated heterocycles. The summed E-state index contributed by atoms with van der Waals surface area (Å²) in [6.45, 7) is 2.47. The van der Waals surface area contributed by atoms with Crippen molar-refractivity contribution in [3.8, 4) is 5.75 Å². The molecule has 0 saturated carbocycles. The third-order valence-electron chi connectivity index (χ3n) is 2.77. The first-order chi connectivity index (χ1) is 8.08. The fourth-order valence-electron chi connectivity index (χ4n) is 1.59. The van der Waals surface area contributed by atoms with Crippen molar-refractivity contribution in [2.24, 2.45) is 11.7 Å². The lowest BCUT2D eigenvalue weighted by molar-refractivity contribution is -0.121. The van der Waals surface area contributed by atoms with Gasteiger partial charge in [0.15, 0.2) is 0 Å². The quantitative estimate of drug-likeness (QED) is 0.878. The van der Waals surface area contributed by atoms with Gasteiger partial charge in [0.05, 0.1) is 7.11 Å². The van der Waals surface area contributed by atoms with Crippen LogP contribution >= 0.6 is 15.9 Å². The first kappa shape index (κ1) is 14.2. The molecule has 0 fully saturated rings. The van der Waals surface area contributed by atoms with E-state index in [1.54, 1.807) is 7.11 Å². The van der Waals surface area contributed by atoms with Gasteiger partial charge in [-0.05, 0) is 36.7 Å². The van der Waals surface area contributed by atoms with Crippen molar-refractivity contribution in [1.29, 1.82) is 0 Å². The van der Waals surface area contributed by atoms with E-state index in [2.05, 4.69) is 15.9 Å². The number of hydrogen-bond acceptors (Lipinski definition) is 3. The van der Waals surface area contributed by atoms with Crippen LogP contribution in [0.1, 0.15) is 18.9 Å². The molecule has 0 aromatic heterocycles. The van der Waals surface area contributed by atoms with Crippen LogP contribution in [0.5, 0.6) is 5.75 Å². The number of carbonyl (C=O) groups excluding carboxylic acids is 1. The van der Waals surface area contributed by atoms with Gasteiger partial charge in [-0.1, -0.05) is 22.9 Å². The van der Waals surface area contributed by atoms with Crippen molar-refractivity contribution in [3.05, 3.63) is 28.2 Å². The molecule has 0 aliphatic rings. The second-order valence-electron chi connectivity index (χ2n) is 4.08. The van der Waals surface area contributed by atoms with E-state index in [-0.39, 0.29) is 11.7 Å². The maximum atomic E-state index is 11.9. The van der Waals surface area contributed by atoms with E-state index in [4.69, 9.17) is 10.5 Å². The summed E-state index contributed by atoms with van der Waals surface area (Å²) in [7, 11) is 1.62. The summed E-state index contributed by atoms with van der Waals surface area (Å²) in [6, 6.07) is 5.65. The molecule has 1 aromatic rings. The number of ketones is 1. The number of nitrogens with two attached hydrogens (primary N) is 1. The average molecular weight is 300 g/mol. The molecule has 0 spiro atoms. The van der Waals surface area contributed by atoms with E-state index in [1.165, 1.54) is 0 Å². The Balaban J connectivity index is 2.76. The first-order valence-corrected chi connectivity index (χ1v) is 6.43. The highest BCUT2D eigenvalue weighted by molar-refractivity contribution is 9.10. The molecule has 1 unspecified atom stereocenters. The summed E-state index contributed by atoms with van der Waals surface area (Å²) in [4.78, 5) is 11.9. The van der Waals surface area contributed by atoms with Crippen LogP contribution in [0, 0.1) is 5.92 Å². The number of Topliss-reactive ketones (excluding diaryl/α,β-unsaturated/α-hetero) is 1. The predicted octanol–water partition coefficient (Wildman–Crippen LogP) is 2.55. The van der Waals surface area contributed by atoms with Crippen LogP contribution in [0.3, 0.4) is 0 Å². The molecule has 0 amide bonds. The molecule has 4 heteroatoms. The van der Waals surface area contributed by atoms with Crippen molar-refractivity contribution in [2.75, 3.05) is 13.7 Å². The fourth-order valence-corrected chi connectivity index (χ4v) is 1.97. The molecule has 2 N–H and O–H groups in total. The molecular formula is C13H18BrNO2. The maximum absolute atomic E-state index is 11.9. The van der Waals surface area contributed by atoms with Crippen molar-refractivity contribution < 1.29 is 9.53 Å². The lowest BCUT2D eigenvalue weighted by Gasteiger charge is -2.11. The van der Waals surface area contributed by atoms with Crippen LogP contribution in [-0.4, -0.2) is 19.4 Å². The van der Waals surface area contributed by atoms with E-state index in [0.717, 1.165) is 22.2 Å². The third kappa shape index (κ3) is 4.13. The Morgan fingerprint density at radius 1 is 1.53 bits per heavy atom. The third-order valence-corrected chi connectivity index (χ3v) is 3.54. The van der Waals surface area contributed by atoms with Gasteiger partial charge in [-0.3, -0.25) is 4.79 Å². The minimum Gasteiger partial charge on any atom is -0.497 e.